The predicted molar refractivity (Wildman–Crippen MR) is 92.8 cm³/mol. The summed E-state index contributed by atoms with van der Waals surface area (Å²) < 4.78 is 21.4. The lowest BCUT2D eigenvalue weighted by Crippen LogP contribution is -2.28. The van der Waals surface area contributed by atoms with E-state index in [2.05, 4.69) is 4.98 Å². The fourth-order valence-electron chi connectivity index (χ4n) is 3.01. The number of nitrogens with zero attached hydrogens (tertiary/aromatic N) is 2. The van der Waals surface area contributed by atoms with Gasteiger partial charge in [-0.1, -0.05) is 0 Å². The summed E-state index contributed by atoms with van der Waals surface area (Å²) in [7, 11) is 6.15. The smallest absolute Gasteiger partial charge is 0.213 e. The highest BCUT2D eigenvalue weighted by atomic mass is 16.5. The largest absolute Gasteiger partial charge is 0.493 e. The monoisotopic (exact) mass is 344 g/mol. The van der Waals surface area contributed by atoms with Crippen molar-refractivity contribution in [2.75, 3.05) is 39.9 Å². The zero-order chi connectivity index (χ0) is 18.0. The van der Waals surface area contributed by atoms with Gasteiger partial charge in [-0.25, -0.2) is 4.98 Å². The summed E-state index contributed by atoms with van der Waals surface area (Å²) in [5, 5.41) is 0. The lowest BCUT2D eigenvalue weighted by atomic mass is 9.97. The standard InChI is InChI=1S/C18H20N2O5/c1-22-14-9-12-16(18(25-4)17(14)24-3)13(21)7-8-20(12)11-5-6-15(23-2)19-10-11/h5-6,9-10H,7-8H2,1-4H3. The van der Waals surface area contributed by atoms with Crippen LogP contribution in [0.4, 0.5) is 11.4 Å². The molecule has 0 unspecified atom stereocenters. The number of hydrogen-bond acceptors (Lipinski definition) is 7. The molecule has 0 bridgehead atoms. The maximum Gasteiger partial charge on any atom is 0.213 e. The van der Waals surface area contributed by atoms with Crippen LogP contribution in [0, 0.1) is 0 Å². The van der Waals surface area contributed by atoms with Gasteiger partial charge in [0.05, 0.1) is 51.6 Å². The summed E-state index contributed by atoms with van der Waals surface area (Å²) in [6.07, 6.45) is 2.08. The van der Waals surface area contributed by atoms with Crippen molar-refractivity contribution in [2.45, 2.75) is 6.42 Å². The van der Waals surface area contributed by atoms with Gasteiger partial charge in [0.25, 0.3) is 0 Å². The lowest BCUT2D eigenvalue weighted by molar-refractivity contribution is 0.0977. The number of fused-ring (bicyclic) bond motifs is 1. The quantitative estimate of drug-likeness (QED) is 0.826. The van der Waals surface area contributed by atoms with E-state index >= 15 is 0 Å². The summed E-state index contributed by atoms with van der Waals surface area (Å²) in [5.74, 6) is 1.83. The average Bonchev–Trinajstić information content (AvgIpc) is 2.66. The number of ketones is 1. The van der Waals surface area contributed by atoms with Gasteiger partial charge in [0.1, 0.15) is 0 Å². The molecule has 0 atom stereocenters. The second kappa shape index (κ2) is 6.88. The Kier molecular flexibility index (Phi) is 4.65. The van der Waals surface area contributed by atoms with Crippen LogP contribution in [0.3, 0.4) is 0 Å². The number of anilines is 2. The van der Waals surface area contributed by atoms with Crippen molar-refractivity contribution in [1.82, 2.24) is 4.98 Å². The fourth-order valence-corrected chi connectivity index (χ4v) is 3.01. The number of rotatable bonds is 5. The highest BCUT2D eigenvalue weighted by molar-refractivity contribution is 6.08. The van der Waals surface area contributed by atoms with Crippen molar-refractivity contribution in [2.24, 2.45) is 0 Å². The number of carbonyl (C=O) groups excluding carboxylic acids is 1. The van der Waals surface area contributed by atoms with Gasteiger partial charge in [0.2, 0.25) is 11.6 Å². The molecule has 25 heavy (non-hydrogen) atoms. The van der Waals surface area contributed by atoms with Crippen LogP contribution in [0.5, 0.6) is 23.1 Å². The molecule has 0 spiro atoms. The van der Waals surface area contributed by atoms with Crippen molar-refractivity contribution in [3.05, 3.63) is 30.0 Å². The van der Waals surface area contributed by atoms with Crippen molar-refractivity contribution in [3.63, 3.8) is 0 Å². The normalized spacial score (nSPS) is 13.3. The van der Waals surface area contributed by atoms with Gasteiger partial charge in [-0.2, -0.15) is 0 Å². The molecule has 7 heteroatoms. The zero-order valence-electron chi connectivity index (χ0n) is 14.7. The molecule has 0 saturated carbocycles. The SMILES string of the molecule is COc1ccc(N2CCC(=O)c3c2cc(OC)c(OC)c3OC)cn1. The van der Waals surface area contributed by atoms with E-state index in [1.54, 1.807) is 32.5 Å². The molecule has 1 aromatic carbocycles. The molecule has 2 aromatic rings. The first-order chi connectivity index (χ1) is 12.1. The Labute approximate surface area is 146 Å². The number of ether oxygens (including phenoxy) is 4. The Bertz CT molecular complexity index is 789. The average molecular weight is 344 g/mol. The van der Waals surface area contributed by atoms with Crippen LogP contribution in [-0.2, 0) is 0 Å². The summed E-state index contributed by atoms with van der Waals surface area (Å²) in [4.78, 5) is 18.8. The van der Waals surface area contributed by atoms with Crippen LogP contribution >= 0.6 is 0 Å². The van der Waals surface area contributed by atoms with Crippen LogP contribution in [0.15, 0.2) is 24.4 Å². The first kappa shape index (κ1) is 16.9. The fraction of sp³-hybridized carbons (Fsp3) is 0.333. The molecule has 1 aliphatic rings. The highest BCUT2D eigenvalue weighted by Crippen LogP contribution is 2.48. The van der Waals surface area contributed by atoms with Gasteiger partial charge >= 0.3 is 0 Å². The number of benzene rings is 1. The molecule has 2 heterocycles. The number of carbonyl (C=O) groups is 1. The van der Waals surface area contributed by atoms with E-state index in [0.29, 0.717) is 47.3 Å². The Morgan fingerprint density at radius 3 is 2.32 bits per heavy atom. The van der Waals surface area contributed by atoms with E-state index in [4.69, 9.17) is 18.9 Å². The van der Waals surface area contributed by atoms with Crippen molar-refractivity contribution >= 4 is 17.2 Å². The van der Waals surface area contributed by atoms with E-state index < -0.39 is 0 Å². The first-order valence-electron chi connectivity index (χ1n) is 7.78. The molecule has 0 amide bonds. The highest BCUT2D eigenvalue weighted by Gasteiger charge is 2.32. The molecule has 132 valence electrons. The molecule has 0 N–H and O–H groups in total. The molecular weight excluding hydrogens is 324 g/mol. The van der Waals surface area contributed by atoms with Crippen LogP contribution in [0.25, 0.3) is 0 Å². The van der Waals surface area contributed by atoms with Gasteiger partial charge in [0, 0.05) is 25.1 Å². The second-order valence-electron chi connectivity index (χ2n) is 5.42. The topological polar surface area (TPSA) is 70.1 Å². The first-order valence-corrected chi connectivity index (χ1v) is 7.78. The number of pyridine rings is 1. The summed E-state index contributed by atoms with van der Waals surface area (Å²) in [6.45, 7) is 0.540. The number of aromatic nitrogens is 1. The van der Waals surface area contributed by atoms with Gasteiger partial charge in [-0.15, -0.1) is 0 Å². The number of hydrogen-bond donors (Lipinski definition) is 0. The minimum Gasteiger partial charge on any atom is -0.493 e. The minimum atomic E-state index is 0.00511. The van der Waals surface area contributed by atoms with E-state index in [1.165, 1.54) is 14.2 Å². The van der Waals surface area contributed by atoms with Crippen molar-refractivity contribution in [1.29, 1.82) is 0 Å². The minimum absolute atomic E-state index is 0.00511. The summed E-state index contributed by atoms with van der Waals surface area (Å²) in [5.41, 5.74) is 2.05. The number of Topliss-reactive ketones (excluding diaryl/α,β-unsaturated/α-hetero) is 1. The molecule has 0 radical (unpaired) electrons. The van der Waals surface area contributed by atoms with Crippen LogP contribution in [-0.4, -0.2) is 45.8 Å². The summed E-state index contributed by atoms with van der Waals surface area (Å²) in [6, 6.07) is 5.47. The molecule has 0 fully saturated rings. The lowest BCUT2D eigenvalue weighted by Gasteiger charge is -2.32. The predicted octanol–water partition coefficient (Wildman–Crippen LogP) is 2.84. The molecule has 0 aliphatic carbocycles. The van der Waals surface area contributed by atoms with E-state index in [1.807, 2.05) is 11.0 Å². The van der Waals surface area contributed by atoms with Gasteiger partial charge in [0.15, 0.2) is 17.3 Å². The maximum atomic E-state index is 12.6. The van der Waals surface area contributed by atoms with Gasteiger partial charge < -0.3 is 23.8 Å². The third-order valence-electron chi connectivity index (χ3n) is 4.18. The maximum absolute atomic E-state index is 12.6. The van der Waals surface area contributed by atoms with E-state index in [0.717, 1.165) is 5.69 Å². The van der Waals surface area contributed by atoms with E-state index in [-0.39, 0.29) is 5.78 Å². The van der Waals surface area contributed by atoms with Crippen LogP contribution in [0.2, 0.25) is 0 Å². The Balaban J connectivity index is 2.18. The van der Waals surface area contributed by atoms with Crippen molar-refractivity contribution in [3.8, 4) is 23.1 Å². The van der Waals surface area contributed by atoms with Crippen LogP contribution in [0.1, 0.15) is 16.8 Å². The van der Waals surface area contributed by atoms with Crippen LogP contribution < -0.4 is 23.8 Å². The Morgan fingerprint density at radius 2 is 1.76 bits per heavy atom. The third-order valence-corrected chi connectivity index (χ3v) is 4.18. The van der Waals surface area contributed by atoms with E-state index in [9.17, 15) is 4.79 Å². The Hall–Kier alpha value is -2.96. The molecule has 7 nitrogen and oxygen atoms in total. The summed E-state index contributed by atoms with van der Waals surface area (Å²) >= 11 is 0. The Morgan fingerprint density at radius 1 is 1.00 bits per heavy atom. The van der Waals surface area contributed by atoms with Crippen molar-refractivity contribution < 1.29 is 23.7 Å². The van der Waals surface area contributed by atoms with Gasteiger partial charge in [-0.05, 0) is 6.07 Å². The molecule has 1 aromatic heterocycles. The van der Waals surface area contributed by atoms with Gasteiger partial charge in [-0.3, -0.25) is 4.79 Å². The number of methoxy groups -OCH3 is 4. The second-order valence-corrected chi connectivity index (χ2v) is 5.42. The molecule has 0 saturated heterocycles. The third kappa shape index (κ3) is 2.82. The zero-order valence-corrected chi connectivity index (χ0v) is 14.7. The molecule has 3 rings (SSSR count). The molecule has 1 aliphatic heterocycles. The molecular formula is C18H20N2O5.